The van der Waals surface area contributed by atoms with E-state index in [0.29, 0.717) is 5.92 Å². The molecule has 0 bridgehead atoms. The molecule has 1 atom stereocenters. The molecule has 0 aromatic rings. The molecule has 0 spiro atoms. The van der Waals surface area contributed by atoms with Gasteiger partial charge < -0.3 is 5.11 Å². The molecule has 0 fully saturated rings. The van der Waals surface area contributed by atoms with Crippen molar-refractivity contribution in [3.8, 4) is 0 Å². The van der Waals surface area contributed by atoms with Crippen molar-refractivity contribution in [2.24, 2.45) is 11.8 Å². The van der Waals surface area contributed by atoms with Crippen LogP contribution in [-0.2, 0) is 0 Å². The minimum absolute atomic E-state index is 0.125. The highest BCUT2D eigenvalue weighted by Crippen LogP contribution is 2.01. The molecule has 1 heteroatoms. The number of hydrogen-bond acceptors (Lipinski definition) is 1. The third kappa shape index (κ3) is 24.5. The summed E-state index contributed by atoms with van der Waals surface area (Å²) >= 11 is 0. The van der Waals surface area contributed by atoms with Crippen molar-refractivity contribution in [2.45, 2.75) is 53.6 Å². The first kappa shape index (κ1) is 15.2. The third-order valence-electron chi connectivity index (χ3n) is 1.45. The molecule has 0 aromatic carbocycles. The van der Waals surface area contributed by atoms with Gasteiger partial charge in [0.15, 0.2) is 0 Å². The maximum absolute atomic E-state index is 8.72. The molecule has 0 rings (SSSR count). The van der Waals surface area contributed by atoms with E-state index < -0.39 is 0 Å². The summed E-state index contributed by atoms with van der Waals surface area (Å²) in [6, 6.07) is 0. The van der Waals surface area contributed by atoms with Crippen LogP contribution >= 0.6 is 0 Å². The first-order valence-corrected chi connectivity index (χ1v) is 5.19. The minimum atomic E-state index is -0.125. The maximum Gasteiger partial charge on any atom is 0.0514 e. The molecule has 0 amide bonds. The summed E-state index contributed by atoms with van der Waals surface area (Å²) in [4.78, 5) is 0. The van der Waals surface area contributed by atoms with E-state index in [4.69, 9.17) is 5.11 Å². The Morgan fingerprint density at radius 2 is 1.54 bits per heavy atom. The normalized spacial score (nSPS) is 12.3. The van der Waals surface area contributed by atoms with Crippen molar-refractivity contribution in [3.63, 3.8) is 0 Å². The molecule has 1 nitrogen and oxygen atoms in total. The Morgan fingerprint density at radius 3 is 1.54 bits per heavy atom. The summed E-state index contributed by atoms with van der Waals surface area (Å²) in [5, 5.41) is 8.72. The molecule has 1 unspecified atom stereocenters. The number of rotatable bonds is 4. The molecule has 1 N–H and O–H groups in total. The van der Waals surface area contributed by atoms with Gasteiger partial charge in [0.05, 0.1) is 6.10 Å². The zero-order valence-corrected chi connectivity index (χ0v) is 9.88. The summed E-state index contributed by atoms with van der Waals surface area (Å²) in [5.41, 5.74) is 0. The van der Waals surface area contributed by atoms with Gasteiger partial charge in [0, 0.05) is 0 Å². The lowest BCUT2D eigenvalue weighted by Gasteiger charge is -2.04. The van der Waals surface area contributed by atoms with Gasteiger partial charge in [-0.15, -0.1) is 6.58 Å². The van der Waals surface area contributed by atoms with Gasteiger partial charge in [-0.25, -0.2) is 0 Å². The van der Waals surface area contributed by atoms with Gasteiger partial charge in [0.1, 0.15) is 0 Å². The largest absolute Gasteiger partial charge is 0.393 e. The lowest BCUT2D eigenvalue weighted by Crippen LogP contribution is -2.03. The Kier molecular flexibility index (Phi) is 11.4. The fraction of sp³-hybridized carbons (Fsp3) is 0.833. The van der Waals surface area contributed by atoms with E-state index in [1.165, 1.54) is 0 Å². The van der Waals surface area contributed by atoms with E-state index in [2.05, 4.69) is 34.3 Å². The van der Waals surface area contributed by atoms with Crippen LogP contribution < -0.4 is 0 Å². The van der Waals surface area contributed by atoms with Crippen molar-refractivity contribution >= 4 is 0 Å². The average molecular weight is 186 g/mol. The van der Waals surface area contributed by atoms with Crippen molar-refractivity contribution in [2.75, 3.05) is 0 Å². The van der Waals surface area contributed by atoms with Gasteiger partial charge in [-0.3, -0.25) is 0 Å². The van der Waals surface area contributed by atoms with Crippen molar-refractivity contribution in [3.05, 3.63) is 12.7 Å². The third-order valence-corrected chi connectivity index (χ3v) is 1.45. The predicted molar refractivity (Wildman–Crippen MR) is 60.8 cm³/mol. The second kappa shape index (κ2) is 9.79. The van der Waals surface area contributed by atoms with Crippen LogP contribution in [0.5, 0.6) is 0 Å². The summed E-state index contributed by atoms with van der Waals surface area (Å²) in [7, 11) is 0. The van der Waals surface area contributed by atoms with E-state index in [0.717, 1.165) is 18.8 Å². The maximum atomic E-state index is 8.72. The highest BCUT2D eigenvalue weighted by atomic mass is 16.3. The standard InChI is InChI=1S/C6H14O.C6H12/c1-5(2)4-6(3)7;1-4-5-6(2)3/h5-7H,4H2,1-3H3;4,6H,1,5H2,2-3H3. The van der Waals surface area contributed by atoms with Crippen LogP contribution in [0, 0.1) is 11.8 Å². The molecule has 0 aliphatic heterocycles. The molecule has 80 valence electrons. The van der Waals surface area contributed by atoms with Gasteiger partial charge >= 0.3 is 0 Å². The average Bonchev–Trinajstić information content (AvgIpc) is 1.83. The van der Waals surface area contributed by atoms with Crippen LogP contribution in [0.3, 0.4) is 0 Å². The zero-order valence-electron chi connectivity index (χ0n) is 9.88. The van der Waals surface area contributed by atoms with Gasteiger partial charge in [0.25, 0.3) is 0 Å². The lowest BCUT2D eigenvalue weighted by molar-refractivity contribution is 0.168. The summed E-state index contributed by atoms with van der Waals surface area (Å²) in [6.07, 6.45) is 3.88. The first-order valence-electron chi connectivity index (χ1n) is 5.19. The Hall–Kier alpha value is -0.300. The minimum Gasteiger partial charge on any atom is -0.393 e. The van der Waals surface area contributed by atoms with Crippen LogP contribution in [0.25, 0.3) is 0 Å². The number of aliphatic hydroxyl groups is 1. The molecule has 13 heavy (non-hydrogen) atoms. The summed E-state index contributed by atoms with van der Waals surface area (Å²) < 4.78 is 0. The van der Waals surface area contributed by atoms with Crippen molar-refractivity contribution < 1.29 is 5.11 Å². The zero-order chi connectivity index (χ0) is 10.9. The SMILES string of the molecule is C=CCC(C)C.CC(C)CC(C)O. The topological polar surface area (TPSA) is 20.2 Å². The molecule has 0 saturated heterocycles. The van der Waals surface area contributed by atoms with Crippen LogP contribution in [0.1, 0.15) is 47.5 Å². The summed E-state index contributed by atoms with van der Waals surface area (Å²) in [5.74, 6) is 1.41. The number of hydrogen-bond donors (Lipinski definition) is 1. The molecule has 0 aromatic heterocycles. The molecule has 0 aliphatic carbocycles. The van der Waals surface area contributed by atoms with Crippen LogP contribution in [-0.4, -0.2) is 11.2 Å². The Labute approximate surface area is 83.9 Å². The van der Waals surface area contributed by atoms with Crippen molar-refractivity contribution in [1.82, 2.24) is 0 Å². The highest BCUT2D eigenvalue weighted by molar-refractivity contribution is 4.67. The first-order chi connectivity index (χ1) is 5.90. The van der Waals surface area contributed by atoms with Gasteiger partial charge in [-0.2, -0.15) is 0 Å². The fourth-order valence-electron chi connectivity index (χ4n) is 1.02. The van der Waals surface area contributed by atoms with E-state index in [1.807, 2.05) is 13.0 Å². The lowest BCUT2D eigenvalue weighted by atomic mass is 10.1. The highest BCUT2D eigenvalue weighted by Gasteiger charge is 1.97. The Bertz CT molecular complexity index is 97.7. The molecule has 0 aliphatic rings. The van der Waals surface area contributed by atoms with Crippen LogP contribution in [0.2, 0.25) is 0 Å². The van der Waals surface area contributed by atoms with E-state index >= 15 is 0 Å². The molecule has 0 heterocycles. The Balaban J connectivity index is 0. The molecule has 0 saturated carbocycles. The van der Waals surface area contributed by atoms with E-state index in [9.17, 15) is 0 Å². The fourth-order valence-corrected chi connectivity index (χ4v) is 1.02. The quantitative estimate of drug-likeness (QED) is 0.665. The van der Waals surface area contributed by atoms with Gasteiger partial charge in [0.2, 0.25) is 0 Å². The smallest absolute Gasteiger partial charge is 0.0514 e. The van der Waals surface area contributed by atoms with Crippen LogP contribution in [0.4, 0.5) is 0 Å². The van der Waals surface area contributed by atoms with Gasteiger partial charge in [-0.05, 0) is 31.6 Å². The second-order valence-corrected chi connectivity index (χ2v) is 4.40. The van der Waals surface area contributed by atoms with Crippen molar-refractivity contribution in [1.29, 1.82) is 0 Å². The van der Waals surface area contributed by atoms with Gasteiger partial charge in [-0.1, -0.05) is 33.8 Å². The predicted octanol–water partition coefficient (Wildman–Crippen LogP) is 3.63. The monoisotopic (exact) mass is 186 g/mol. The van der Waals surface area contributed by atoms with E-state index in [1.54, 1.807) is 0 Å². The number of allylic oxidation sites excluding steroid dienone is 1. The Morgan fingerprint density at radius 1 is 1.08 bits per heavy atom. The van der Waals surface area contributed by atoms with E-state index in [-0.39, 0.29) is 6.10 Å². The second-order valence-electron chi connectivity index (χ2n) is 4.40. The number of aliphatic hydroxyl groups excluding tert-OH is 1. The van der Waals surface area contributed by atoms with Crippen LogP contribution in [0.15, 0.2) is 12.7 Å². The molecule has 0 radical (unpaired) electrons. The molecular weight excluding hydrogens is 160 g/mol. The molecular formula is C12H26O. The summed E-state index contributed by atoms with van der Waals surface area (Å²) in [6.45, 7) is 14.0.